The van der Waals surface area contributed by atoms with E-state index in [0.29, 0.717) is 11.5 Å². The van der Waals surface area contributed by atoms with E-state index in [4.69, 9.17) is 4.74 Å². The minimum atomic E-state index is 0.496. The molecule has 2 aliphatic rings. The van der Waals surface area contributed by atoms with Crippen molar-refractivity contribution in [2.75, 3.05) is 7.05 Å². The van der Waals surface area contributed by atoms with Gasteiger partial charge in [0.2, 0.25) is 0 Å². The molecular weight excluding hydrogens is 210 g/mol. The highest BCUT2D eigenvalue weighted by Crippen LogP contribution is 2.57. The molecule has 1 fully saturated rings. The Bertz CT molecular complexity index is 439. The van der Waals surface area contributed by atoms with Crippen molar-refractivity contribution in [3.05, 3.63) is 34.9 Å². The number of hydrogen-bond donors (Lipinski definition) is 1. The first kappa shape index (κ1) is 11.2. The Morgan fingerprint density at radius 3 is 2.65 bits per heavy atom. The summed E-state index contributed by atoms with van der Waals surface area (Å²) in [4.78, 5) is 0. The summed E-state index contributed by atoms with van der Waals surface area (Å²) in [5, 5.41) is 3.49. The molecule has 2 unspecified atom stereocenters. The normalized spacial score (nSPS) is 26.6. The van der Waals surface area contributed by atoms with Crippen LogP contribution in [-0.4, -0.2) is 7.05 Å². The Labute approximate surface area is 103 Å². The van der Waals surface area contributed by atoms with Crippen LogP contribution >= 0.6 is 0 Å². The number of fused-ring (bicyclic) bond motifs is 1. The van der Waals surface area contributed by atoms with Crippen molar-refractivity contribution in [1.29, 1.82) is 0 Å². The Kier molecular flexibility index (Phi) is 2.53. The second-order valence-electron chi connectivity index (χ2n) is 6.09. The van der Waals surface area contributed by atoms with Crippen LogP contribution < -0.4 is 5.32 Å². The molecule has 0 aromatic heterocycles. The predicted octanol–water partition coefficient (Wildman–Crippen LogP) is 3.02. The molecule has 1 aromatic carbocycles. The summed E-state index contributed by atoms with van der Waals surface area (Å²) in [5.74, 6) is 0.771. The van der Waals surface area contributed by atoms with E-state index < -0.39 is 0 Å². The van der Waals surface area contributed by atoms with Crippen molar-refractivity contribution in [2.45, 2.75) is 39.5 Å². The maximum Gasteiger partial charge on any atom is 0.0725 e. The molecule has 3 rings (SSSR count). The van der Waals surface area contributed by atoms with Crippen LogP contribution in [0.25, 0.3) is 0 Å². The molecule has 17 heavy (non-hydrogen) atoms. The highest BCUT2D eigenvalue weighted by molar-refractivity contribution is 5.35. The van der Waals surface area contributed by atoms with Crippen molar-refractivity contribution in [3.63, 3.8) is 0 Å². The molecule has 2 heteroatoms. The lowest BCUT2D eigenvalue weighted by Crippen LogP contribution is -2.20. The summed E-state index contributed by atoms with van der Waals surface area (Å²) >= 11 is 0. The summed E-state index contributed by atoms with van der Waals surface area (Å²) < 4.78 is 5.48. The van der Waals surface area contributed by atoms with Crippen molar-refractivity contribution in [3.8, 4) is 0 Å². The molecule has 0 radical (unpaired) electrons. The van der Waals surface area contributed by atoms with Crippen molar-refractivity contribution in [2.24, 2.45) is 11.3 Å². The maximum absolute atomic E-state index is 5.48. The van der Waals surface area contributed by atoms with E-state index in [9.17, 15) is 0 Å². The molecule has 0 bridgehead atoms. The fraction of sp³-hybridized carbons (Fsp3) is 0.600. The fourth-order valence-corrected chi connectivity index (χ4v) is 3.06. The van der Waals surface area contributed by atoms with Gasteiger partial charge in [-0.15, -0.1) is 0 Å². The summed E-state index contributed by atoms with van der Waals surface area (Å²) in [5.41, 5.74) is 4.66. The molecule has 2 atom stereocenters. The lowest BCUT2D eigenvalue weighted by atomic mass is 9.94. The zero-order valence-electron chi connectivity index (χ0n) is 10.9. The van der Waals surface area contributed by atoms with E-state index in [1.807, 2.05) is 0 Å². The zero-order valence-corrected chi connectivity index (χ0v) is 10.9. The number of nitrogens with one attached hydrogen (secondary N) is 1. The number of hydrogen-bond acceptors (Lipinski definition) is 2. The molecule has 1 N–H and O–H groups in total. The highest BCUT2D eigenvalue weighted by atomic mass is 16.5. The molecular formula is C15H21NO. The third-order valence-electron chi connectivity index (χ3n) is 4.41. The first-order chi connectivity index (χ1) is 8.12. The maximum atomic E-state index is 5.48. The van der Waals surface area contributed by atoms with Gasteiger partial charge in [0.05, 0.1) is 13.2 Å². The molecule has 1 aromatic rings. The molecule has 1 heterocycles. The third kappa shape index (κ3) is 1.90. The molecule has 1 aliphatic carbocycles. The number of benzene rings is 1. The molecule has 1 aliphatic heterocycles. The zero-order chi connectivity index (χ0) is 12.0. The quantitative estimate of drug-likeness (QED) is 0.863. The summed E-state index contributed by atoms with van der Waals surface area (Å²) in [6, 6.07) is 7.33. The SMILES string of the molecule is CNC(c1ccc2c(c1)COC2)C1CC1(C)C. The van der Waals surface area contributed by atoms with Gasteiger partial charge in [-0.1, -0.05) is 32.0 Å². The summed E-state index contributed by atoms with van der Waals surface area (Å²) in [6.45, 7) is 6.29. The highest BCUT2D eigenvalue weighted by Gasteiger charge is 2.50. The van der Waals surface area contributed by atoms with Gasteiger partial charge in [0.1, 0.15) is 0 Å². The Morgan fingerprint density at radius 1 is 1.29 bits per heavy atom. The van der Waals surface area contributed by atoms with Gasteiger partial charge < -0.3 is 10.1 Å². The van der Waals surface area contributed by atoms with Gasteiger partial charge in [-0.05, 0) is 41.5 Å². The van der Waals surface area contributed by atoms with Gasteiger partial charge in [-0.2, -0.15) is 0 Å². The van der Waals surface area contributed by atoms with E-state index in [1.165, 1.54) is 23.1 Å². The van der Waals surface area contributed by atoms with Crippen LogP contribution in [-0.2, 0) is 18.0 Å². The fourth-order valence-electron chi connectivity index (χ4n) is 3.06. The molecule has 2 nitrogen and oxygen atoms in total. The van der Waals surface area contributed by atoms with Crippen LogP contribution in [0.2, 0.25) is 0 Å². The van der Waals surface area contributed by atoms with Crippen LogP contribution in [0.3, 0.4) is 0 Å². The van der Waals surface area contributed by atoms with Gasteiger partial charge in [0.15, 0.2) is 0 Å². The predicted molar refractivity (Wildman–Crippen MR) is 68.6 cm³/mol. The Balaban J connectivity index is 1.87. The monoisotopic (exact) mass is 231 g/mol. The molecule has 0 amide bonds. The van der Waals surface area contributed by atoms with E-state index in [2.05, 4.69) is 44.4 Å². The van der Waals surface area contributed by atoms with E-state index in [0.717, 1.165) is 19.1 Å². The van der Waals surface area contributed by atoms with Crippen molar-refractivity contribution in [1.82, 2.24) is 5.32 Å². The summed E-state index contributed by atoms with van der Waals surface area (Å²) in [7, 11) is 2.07. The Hall–Kier alpha value is -0.860. The summed E-state index contributed by atoms with van der Waals surface area (Å²) in [6.07, 6.45) is 1.33. The van der Waals surface area contributed by atoms with Crippen LogP contribution in [0.15, 0.2) is 18.2 Å². The molecule has 1 saturated carbocycles. The number of ether oxygens (including phenoxy) is 1. The van der Waals surface area contributed by atoms with E-state index in [1.54, 1.807) is 0 Å². The lowest BCUT2D eigenvalue weighted by Gasteiger charge is -2.19. The smallest absolute Gasteiger partial charge is 0.0725 e. The average molecular weight is 231 g/mol. The average Bonchev–Trinajstić information content (AvgIpc) is 2.76. The van der Waals surface area contributed by atoms with Gasteiger partial charge >= 0.3 is 0 Å². The van der Waals surface area contributed by atoms with Gasteiger partial charge in [-0.3, -0.25) is 0 Å². The van der Waals surface area contributed by atoms with Crippen LogP contribution in [0.5, 0.6) is 0 Å². The third-order valence-corrected chi connectivity index (χ3v) is 4.41. The Morgan fingerprint density at radius 2 is 2.00 bits per heavy atom. The first-order valence-corrected chi connectivity index (χ1v) is 6.48. The van der Waals surface area contributed by atoms with Crippen LogP contribution in [0.1, 0.15) is 43.0 Å². The van der Waals surface area contributed by atoms with Gasteiger partial charge in [0, 0.05) is 6.04 Å². The van der Waals surface area contributed by atoms with E-state index >= 15 is 0 Å². The first-order valence-electron chi connectivity index (χ1n) is 6.48. The number of rotatable bonds is 3. The lowest BCUT2D eigenvalue weighted by molar-refractivity contribution is 0.134. The topological polar surface area (TPSA) is 21.3 Å². The van der Waals surface area contributed by atoms with Gasteiger partial charge in [-0.25, -0.2) is 0 Å². The largest absolute Gasteiger partial charge is 0.372 e. The molecule has 0 spiro atoms. The second-order valence-corrected chi connectivity index (χ2v) is 6.09. The molecule has 92 valence electrons. The van der Waals surface area contributed by atoms with Gasteiger partial charge in [0.25, 0.3) is 0 Å². The standard InChI is InChI=1S/C15H21NO/c1-15(2)7-13(15)14(16-3)10-4-5-11-8-17-9-12(11)6-10/h4-6,13-14,16H,7-9H2,1-3H3. The van der Waals surface area contributed by atoms with Crippen LogP contribution in [0, 0.1) is 11.3 Å². The van der Waals surface area contributed by atoms with Crippen molar-refractivity contribution >= 4 is 0 Å². The van der Waals surface area contributed by atoms with Crippen molar-refractivity contribution < 1.29 is 4.74 Å². The van der Waals surface area contributed by atoms with E-state index in [-0.39, 0.29) is 0 Å². The minimum absolute atomic E-state index is 0.496. The molecule has 0 saturated heterocycles. The minimum Gasteiger partial charge on any atom is -0.372 e. The van der Waals surface area contributed by atoms with Crippen LogP contribution in [0.4, 0.5) is 0 Å². The second kappa shape index (κ2) is 3.82.